The lowest BCUT2D eigenvalue weighted by atomic mass is 10.1. The van der Waals surface area contributed by atoms with E-state index in [1.165, 1.54) is 12.4 Å². The SMILES string of the molecule is CC(NCc1nccn1C(F)F)c1ccc(Cl)cc1. The minimum atomic E-state index is -2.56. The summed E-state index contributed by atoms with van der Waals surface area (Å²) < 4.78 is 26.1. The highest BCUT2D eigenvalue weighted by Crippen LogP contribution is 2.17. The number of hydrogen-bond donors (Lipinski definition) is 1. The van der Waals surface area contributed by atoms with Gasteiger partial charge in [0, 0.05) is 23.5 Å². The van der Waals surface area contributed by atoms with Crippen LogP contribution in [0.4, 0.5) is 8.78 Å². The molecular formula is C13H14ClF2N3. The summed E-state index contributed by atoms with van der Waals surface area (Å²) in [5.74, 6) is 0.316. The van der Waals surface area contributed by atoms with E-state index in [0.29, 0.717) is 10.8 Å². The summed E-state index contributed by atoms with van der Waals surface area (Å²) >= 11 is 5.81. The van der Waals surface area contributed by atoms with Crippen molar-refractivity contribution in [1.29, 1.82) is 0 Å². The predicted octanol–water partition coefficient (Wildman–Crippen LogP) is 3.78. The summed E-state index contributed by atoms with van der Waals surface area (Å²) in [6, 6.07) is 7.43. The molecule has 0 bridgehead atoms. The first-order valence-electron chi connectivity index (χ1n) is 5.86. The van der Waals surface area contributed by atoms with E-state index in [9.17, 15) is 8.78 Å². The van der Waals surface area contributed by atoms with Crippen molar-refractivity contribution in [3.05, 3.63) is 53.1 Å². The van der Waals surface area contributed by atoms with Crippen LogP contribution >= 0.6 is 11.6 Å². The molecule has 2 aromatic rings. The fourth-order valence-electron chi connectivity index (χ4n) is 1.77. The average Bonchev–Trinajstić information content (AvgIpc) is 2.85. The molecule has 0 fully saturated rings. The van der Waals surface area contributed by atoms with Crippen molar-refractivity contribution in [3.63, 3.8) is 0 Å². The van der Waals surface area contributed by atoms with Gasteiger partial charge in [-0.05, 0) is 24.6 Å². The summed E-state index contributed by atoms with van der Waals surface area (Å²) in [6.45, 7) is -0.329. The molecule has 3 nitrogen and oxygen atoms in total. The van der Waals surface area contributed by atoms with Crippen molar-refractivity contribution in [2.75, 3.05) is 0 Å². The van der Waals surface area contributed by atoms with Crippen LogP contribution in [-0.2, 0) is 6.54 Å². The molecule has 1 heterocycles. The molecule has 0 radical (unpaired) electrons. The van der Waals surface area contributed by atoms with E-state index in [0.717, 1.165) is 10.1 Å². The van der Waals surface area contributed by atoms with E-state index in [2.05, 4.69) is 10.3 Å². The third-order valence-corrected chi connectivity index (χ3v) is 3.15. The third kappa shape index (κ3) is 3.52. The van der Waals surface area contributed by atoms with Crippen LogP contribution in [0.5, 0.6) is 0 Å². The number of nitrogens with one attached hydrogen (secondary N) is 1. The van der Waals surface area contributed by atoms with Crippen molar-refractivity contribution in [3.8, 4) is 0 Å². The maximum Gasteiger partial charge on any atom is 0.319 e. The van der Waals surface area contributed by atoms with E-state index in [1.807, 2.05) is 19.1 Å². The normalized spacial score (nSPS) is 12.9. The molecular weight excluding hydrogens is 272 g/mol. The highest BCUT2D eigenvalue weighted by Gasteiger charge is 2.12. The molecule has 1 atom stereocenters. The van der Waals surface area contributed by atoms with Crippen LogP contribution in [0.2, 0.25) is 5.02 Å². The molecule has 1 unspecified atom stereocenters. The number of benzene rings is 1. The number of alkyl halides is 2. The molecule has 1 aromatic carbocycles. The summed E-state index contributed by atoms with van der Waals surface area (Å²) in [5.41, 5.74) is 1.04. The fourth-order valence-corrected chi connectivity index (χ4v) is 1.90. The van der Waals surface area contributed by atoms with Gasteiger partial charge >= 0.3 is 6.55 Å². The Morgan fingerprint density at radius 1 is 1.32 bits per heavy atom. The molecule has 1 N–H and O–H groups in total. The molecule has 0 aliphatic carbocycles. The predicted molar refractivity (Wildman–Crippen MR) is 70.2 cm³/mol. The highest BCUT2D eigenvalue weighted by atomic mass is 35.5. The molecule has 0 saturated heterocycles. The number of rotatable bonds is 5. The number of nitrogens with zero attached hydrogens (tertiary/aromatic N) is 2. The number of hydrogen-bond acceptors (Lipinski definition) is 2. The zero-order chi connectivity index (χ0) is 13.8. The maximum absolute atomic E-state index is 12.6. The Balaban J connectivity index is 1.98. The van der Waals surface area contributed by atoms with Gasteiger partial charge in [0.1, 0.15) is 5.82 Å². The Labute approximate surface area is 115 Å². The van der Waals surface area contributed by atoms with Crippen LogP contribution in [0, 0.1) is 0 Å². The largest absolute Gasteiger partial charge is 0.319 e. The Kier molecular flexibility index (Phi) is 4.50. The Bertz CT molecular complexity index is 525. The zero-order valence-corrected chi connectivity index (χ0v) is 11.1. The highest BCUT2D eigenvalue weighted by molar-refractivity contribution is 6.30. The summed E-state index contributed by atoms with van der Waals surface area (Å²) in [6.07, 6.45) is 2.64. The molecule has 0 spiro atoms. The molecule has 0 amide bonds. The molecule has 2 rings (SSSR count). The first-order valence-corrected chi connectivity index (χ1v) is 6.24. The van der Waals surface area contributed by atoms with E-state index >= 15 is 0 Å². The quantitative estimate of drug-likeness (QED) is 0.906. The van der Waals surface area contributed by atoms with Gasteiger partial charge in [-0.25, -0.2) is 4.98 Å². The molecule has 0 aliphatic rings. The molecule has 0 aliphatic heterocycles. The van der Waals surface area contributed by atoms with E-state index < -0.39 is 6.55 Å². The third-order valence-electron chi connectivity index (χ3n) is 2.90. The second kappa shape index (κ2) is 6.12. The first kappa shape index (κ1) is 14.0. The Morgan fingerprint density at radius 2 is 2.00 bits per heavy atom. The van der Waals surface area contributed by atoms with E-state index in [1.54, 1.807) is 12.1 Å². The molecule has 102 valence electrons. The van der Waals surface area contributed by atoms with Crippen LogP contribution in [0.1, 0.15) is 30.9 Å². The average molecular weight is 286 g/mol. The van der Waals surface area contributed by atoms with Crippen LogP contribution in [0.15, 0.2) is 36.7 Å². The second-order valence-electron chi connectivity index (χ2n) is 4.18. The van der Waals surface area contributed by atoms with Crippen molar-refractivity contribution >= 4 is 11.6 Å². The maximum atomic E-state index is 12.6. The molecule has 0 saturated carbocycles. The van der Waals surface area contributed by atoms with Crippen molar-refractivity contribution in [1.82, 2.24) is 14.9 Å². The van der Waals surface area contributed by atoms with Gasteiger partial charge in [0.15, 0.2) is 0 Å². The van der Waals surface area contributed by atoms with E-state index in [-0.39, 0.29) is 12.6 Å². The summed E-state index contributed by atoms with van der Waals surface area (Å²) in [5, 5.41) is 3.83. The Morgan fingerprint density at radius 3 is 2.63 bits per heavy atom. The van der Waals surface area contributed by atoms with Crippen molar-refractivity contribution in [2.45, 2.75) is 26.1 Å². The van der Waals surface area contributed by atoms with Gasteiger partial charge in [0.25, 0.3) is 0 Å². The number of aromatic nitrogens is 2. The molecule has 6 heteroatoms. The topological polar surface area (TPSA) is 29.9 Å². The van der Waals surface area contributed by atoms with Gasteiger partial charge in [-0.15, -0.1) is 0 Å². The lowest BCUT2D eigenvalue weighted by molar-refractivity contribution is 0.0665. The van der Waals surface area contributed by atoms with Crippen LogP contribution in [-0.4, -0.2) is 9.55 Å². The molecule has 19 heavy (non-hydrogen) atoms. The van der Waals surface area contributed by atoms with Gasteiger partial charge in [-0.3, -0.25) is 4.57 Å². The lowest BCUT2D eigenvalue weighted by Crippen LogP contribution is -2.20. The van der Waals surface area contributed by atoms with E-state index in [4.69, 9.17) is 11.6 Å². The summed E-state index contributed by atoms with van der Waals surface area (Å²) in [4.78, 5) is 3.92. The number of imidazole rings is 1. The molecule has 1 aromatic heterocycles. The minimum Gasteiger partial charge on any atom is -0.303 e. The van der Waals surface area contributed by atoms with Crippen molar-refractivity contribution < 1.29 is 8.78 Å². The Hall–Kier alpha value is -1.46. The van der Waals surface area contributed by atoms with Gasteiger partial charge in [-0.2, -0.15) is 8.78 Å². The monoisotopic (exact) mass is 285 g/mol. The second-order valence-corrected chi connectivity index (χ2v) is 4.62. The van der Waals surface area contributed by atoms with Crippen molar-refractivity contribution in [2.24, 2.45) is 0 Å². The zero-order valence-electron chi connectivity index (χ0n) is 10.4. The smallest absolute Gasteiger partial charge is 0.303 e. The fraction of sp³-hybridized carbons (Fsp3) is 0.308. The van der Waals surface area contributed by atoms with Gasteiger partial charge < -0.3 is 5.32 Å². The first-order chi connectivity index (χ1) is 9.08. The summed E-state index contributed by atoms with van der Waals surface area (Å²) in [7, 11) is 0. The standard InChI is InChI=1S/C13H14ClF2N3/c1-9(10-2-4-11(14)5-3-10)18-8-12-17-6-7-19(12)13(15)16/h2-7,9,13,18H,8H2,1H3. The lowest BCUT2D eigenvalue weighted by Gasteiger charge is -2.14. The van der Waals surface area contributed by atoms with Crippen LogP contribution < -0.4 is 5.32 Å². The van der Waals surface area contributed by atoms with Gasteiger partial charge in [-0.1, -0.05) is 23.7 Å². The number of halogens is 3. The van der Waals surface area contributed by atoms with Gasteiger partial charge in [0.2, 0.25) is 0 Å². The van der Waals surface area contributed by atoms with Crippen LogP contribution in [0.3, 0.4) is 0 Å². The van der Waals surface area contributed by atoms with Crippen LogP contribution in [0.25, 0.3) is 0 Å². The minimum absolute atomic E-state index is 0.0279. The van der Waals surface area contributed by atoms with Gasteiger partial charge in [0.05, 0.1) is 6.54 Å².